The third-order valence-corrected chi connectivity index (χ3v) is 5.35. The molecule has 1 heterocycles. The molecule has 1 N–H and O–H groups in total. The van der Waals surface area contributed by atoms with E-state index in [9.17, 15) is 4.79 Å². The lowest BCUT2D eigenvalue weighted by Gasteiger charge is -2.35. The Morgan fingerprint density at radius 1 is 1.00 bits per heavy atom. The number of hydrogen-bond donors (Lipinski definition) is 1. The van der Waals surface area contributed by atoms with Crippen LogP contribution in [0.2, 0.25) is 0 Å². The third kappa shape index (κ3) is 5.39. The van der Waals surface area contributed by atoms with Gasteiger partial charge >= 0.3 is 0 Å². The van der Waals surface area contributed by atoms with E-state index in [-0.39, 0.29) is 11.9 Å². The standard InChI is InChI=1S/C23H30N2O6/c1-27-18-7-5-6-16(12-18)19(25-8-10-31-11-9-25)15-24-23(26)17-13-20(28-2)22(30-4)21(14-17)29-3/h5-7,12-14,19H,8-11,15H2,1-4H3,(H,24,26)/t19-/m1/s1. The van der Waals surface area contributed by atoms with E-state index in [1.807, 2.05) is 24.3 Å². The second-order valence-corrected chi connectivity index (χ2v) is 7.06. The fourth-order valence-corrected chi connectivity index (χ4v) is 3.70. The van der Waals surface area contributed by atoms with Crippen LogP contribution in [0.25, 0.3) is 0 Å². The molecule has 1 fully saturated rings. The molecule has 1 atom stereocenters. The first-order chi connectivity index (χ1) is 15.1. The second-order valence-electron chi connectivity index (χ2n) is 7.06. The summed E-state index contributed by atoms with van der Waals surface area (Å²) in [6, 6.07) is 11.2. The van der Waals surface area contributed by atoms with Crippen LogP contribution in [0, 0.1) is 0 Å². The number of amides is 1. The number of carbonyl (C=O) groups excluding carboxylic acids is 1. The Morgan fingerprint density at radius 3 is 2.26 bits per heavy atom. The number of ether oxygens (including phenoxy) is 5. The van der Waals surface area contributed by atoms with Crippen LogP contribution in [-0.4, -0.2) is 72.1 Å². The van der Waals surface area contributed by atoms with Gasteiger partial charge in [-0.3, -0.25) is 9.69 Å². The van der Waals surface area contributed by atoms with E-state index >= 15 is 0 Å². The monoisotopic (exact) mass is 430 g/mol. The summed E-state index contributed by atoms with van der Waals surface area (Å²) in [5.41, 5.74) is 1.51. The summed E-state index contributed by atoms with van der Waals surface area (Å²) in [5.74, 6) is 1.88. The average molecular weight is 431 g/mol. The highest BCUT2D eigenvalue weighted by Gasteiger charge is 2.24. The van der Waals surface area contributed by atoms with E-state index in [0.29, 0.717) is 42.6 Å². The van der Waals surface area contributed by atoms with Crippen molar-refractivity contribution in [2.24, 2.45) is 0 Å². The molecule has 0 radical (unpaired) electrons. The number of hydrogen-bond acceptors (Lipinski definition) is 7. The number of nitrogens with zero attached hydrogens (tertiary/aromatic N) is 1. The fourth-order valence-electron chi connectivity index (χ4n) is 3.70. The number of methoxy groups -OCH3 is 4. The van der Waals surface area contributed by atoms with Gasteiger partial charge in [-0.25, -0.2) is 0 Å². The summed E-state index contributed by atoms with van der Waals surface area (Å²) >= 11 is 0. The minimum atomic E-state index is -0.222. The zero-order chi connectivity index (χ0) is 22.2. The number of rotatable bonds is 9. The van der Waals surface area contributed by atoms with Gasteiger partial charge < -0.3 is 29.0 Å². The minimum Gasteiger partial charge on any atom is -0.497 e. The van der Waals surface area contributed by atoms with Crippen molar-refractivity contribution in [2.45, 2.75) is 6.04 Å². The van der Waals surface area contributed by atoms with Crippen molar-refractivity contribution < 1.29 is 28.5 Å². The topological polar surface area (TPSA) is 78.5 Å². The lowest BCUT2D eigenvalue weighted by atomic mass is 10.0. The molecule has 0 aliphatic carbocycles. The molecule has 1 aliphatic heterocycles. The van der Waals surface area contributed by atoms with Crippen molar-refractivity contribution in [2.75, 3.05) is 61.3 Å². The maximum absolute atomic E-state index is 13.0. The quantitative estimate of drug-likeness (QED) is 0.655. The molecule has 8 nitrogen and oxygen atoms in total. The van der Waals surface area contributed by atoms with Gasteiger partial charge in [0.2, 0.25) is 5.75 Å². The normalized spacial score (nSPS) is 15.1. The Balaban J connectivity index is 1.81. The van der Waals surface area contributed by atoms with Crippen LogP contribution in [0.4, 0.5) is 0 Å². The Labute approximate surface area is 183 Å². The molecule has 8 heteroatoms. The molecule has 0 bridgehead atoms. The summed E-state index contributed by atoms with van der Waals surface area (Å²) in [5, 5.41) is 3.06. The summed E-state index contributed by atoms with van der Waals surface area (Å²) < 4.78 is 27.0. The van der Waals surface area contributed by atoms with Gasteiger partial charge in [0.25, 0.3) is 5.91 Å². The van der Waals surface area contributed by atoms with Gasteiger partial charge in [0.1, 0.15) is 5.75 Å². The van der Waals surface area contributed by atoms with E-state index < -0.39 is 0 Å². The third-order valence-electron chi connectivity index (χ3n) is 5.35. The number of morpholine rings is 1. The molecule has 2 aromatic rings. The first kappa shape index (κ1) is 22.7. The maximum Gasteiger partial charge on any atom is 0.251 e. The SMILES string of the molecule is COc1cccc([C@@H](CNC(=O)c2cc(OC)c(OC)c(OC)c2)N2CCOCC2)c1. The van der Waals surface area contributed by atoms with Crippen molar-refractivity contribution in [1.29, 1.82) is 0 Å². The average Bonchev–Trinajstić information content (AvgIpc) is 2.83. The van der Waals surface area contributed by atoms with Crippen LogP contribution in [-0.2, 0) is 4.74 Å². The lowest BCUT2D eigenvalue weighted by molar-refractivity contribution is 0.0162. The van der Waals surface area contributed by atoms with Gasteiger partial charge in [-0.2, -0.15) is 0 Å². The number of benzene rings is 2. The molecule has 31 heavy (non-hydrogen) atoms. The van der Waals surface area contributed by atoms with Crippen molar-refractivity contribution >= 4 is 5.91 Å². The smallest absolute Gasteiger partial charge is 0.251 e. The molecule has 0 spiro atoms. The van der Waals surface area contributed by atoms with Crippen LogP contribution in [0.15, 0.2) is 36.4 Å². The van der Waals surface area contributed by atoms with Gasteiger partial charge in [-0.15, -0.1) is 0 Å². The van der Waals surface area contributed by atoms with Crippen LogP contribution in [0.5, 0.6) is 23.0 Å². The lowest BCUT2D eigenvalue weighted by Crippen LogP contribution is -2.43. The molecule has 0 unspecified atom stereocenters. The van der Waals surface area contributed by atoms with Crippen molar-refractivity contribution in [3.05, 3.63) is 47.5 Å². The number of nitrogens with one attached hydrogen (secondary N) is 1. The Morgan fingerprint density at radius 2 is 1.68 bits per heavy atom. The highest BCUT2D eigenvalue weighted by molar-refractivity contribution is 5.95. The Kier molecular flexibility index (Phi) is 7.97. The van der Waals surface area contributed by atoms with E-state index in [1.165, 1.54) is 21.3 Å². The Bertz CT molecular complexity index is 857. The fraction of sp³-hybridized carbons (Fsp3) is 0.435. The summed E-state index contributed by atoms with van der Waals surface area (Å²) in [6.45, 7) is 3.36. The predicted molar refractivity (Wildman–Crippen MR) is 117 cm³/mol. The zero-order valence-electron chi connectivity index (χ0n) is 18.5. The summed E-state index contributed by atoms with van der Waals surface area (Å²) in [7, 11) is 6.22. The first-order valence-corrected chi connectivity index (χ1v) is 10.1. The largest absolute Gasteiger partial charge is 0.497 e. The van der Waals surface area contributed by atoms with Gasteiger partial charge in [-0.1, -0.05) is 12.1 Å². The minimum absolute atomic E-state index is 0.00927. The zero-order valence-corrected chi connectivity index (χ0v) is 18.5. The van der Waals surface area contributed by atoms with Gasteiger partial charge in [0.05, 0.1) is 47.7 Å². The molecule has 2 aromatic carbocycles. The molecule has 1 amide bonds. The first-order valence-electron chi connectivity index (χ1n) is 10.1. The van der Waals surface area contributed by atoms with E-state index in [1.54, 1.807) is 19.2 Å². The molecule has 1 aliphatic rings. The van der Waals surface area contributed by atoms with Crippen LogP contribution < -0.4 is 24.3 Å². The molecule has 1 saturated heterocycles. The van der Waals surface area contributed by atoms with E-state index in [0.717, 1.165) is 24.4 Å². The Hall–Kier alpha value is -2.97. The number of carbonyl (C=O) groups is 1. The summed E-state index contributed by atoms with van der Waals surface area (Å²) in [6.07, 6.45) is 0. The van der Waals surface area contributed by atoms with Gasteiger partial charge in [-0.05, 0) is 29.8 Å². The molecular weight excluding hydrogens is 400 g/mol. The molecule has 0 saturated carbocycles. The highest BCUT2D eigenvalue weighted by Crippen LogP contribution is 2.38. The van der Waals surface area contributed by atoms with Crippen LogP contribution in [0.3, 0.4) is 0 Å². The molecule has 0 aromatic heterocycles. The second kappa shape index (κ2) is 10.9. The summed E-state index contributed by atoms with van der Waals surface area (Å²) in [4.78, 5) is 15.3. The maximum atomic E-state index is 13.0. The van der Waals surface area contributed by atoms with Crippen molar-refractivity contribution in [3.63, 3.8) is 0 Å². The van der Waals surface area contributed by atoms with Crippen molar-refractivity contribution in [3.8, 4) is 23.0 Å². The highest BCUT2D eigenvalue weighted by atomic mass is 16.5. The van der Waals surface area contributed by atoms with E-state index in [4.69, 9.17) is 23.7 Å². The predicted octanol–water partition coefficient (Wildman–Crippen LogP) is 2.52. The van der Waals surface area contributed by atoms with Crippen molar-refractivity contribution in [1.82, 2.24) is 10.2 Å². The van der Waals surface area contributed by atoms with Gasteiger partial charge in [0, 0.05) is 25.2 Å². The van der Waals surface area contributed by atoms with E-state index in [2.05, 4.69) is 10.2 Å². The van der Waals surface area contributed by atoms with Gasteiger partial charge in [0.15, 0.2) is 11.5 Å². The molecular formula is C23H30N2O6. The molecule has 3 rings (SSSR count). The molecule has 168 valence electrons. The van der Waals surface area contributed by atoms with Crippen LogP contribution in [0.1, 0.15) is 22.0 Å². The van der Waals surface area contributed by atoms with Crippen LogP contribution >= 0.6 is 0 Å².